The van der Waals surface area contributed by atoms with Gasteiger partial charge in [0.1, 0.15) is 41.2 Å². The van der Waals surface area contributed by atoms with Crippen LogP contribution in [0.5, 0.6) is 5.75 Å². The number of rotatable bonds is 8. The molecule has 1 aromatic carbocycles. The van der Waals surface area contributed by atoms with E-state index in [1.54, 1.807) is 56.2 Å². The Morgan fingerprint density at radius 1 is 0.967 bits per heavy atom. The SMILES string of the molecule is CC(=O)CC[C@H]1C(=O)N[C@@H](C(C)C)C(=O)N[C@@H](Cc2cc(O)cc(F)c2)C(=O)N2CCCC(N2)C(=O)O[C@H](C2=CC=CC(N3CCCCO3)O2)C/C=C/C=C/[C@H](O)[C@H](C)[C@H]1O. The first-order valence-corrected chi connectivity index (χ1v) is 21.1. The number of amides is 3. The van der Waals surface area contributed by atoms with Crippen molar-refractivity contribution in [1.29, 1.82) is 0 Å². The highest BCUT2D eigenvalue weighted by atomic mass is 19.1. The highest BCUT2D eigenvalue weighted by Crippen LogP contribution is 2.27. The van der Waals surface area contributed by atoms with Crippen molar-refractivity contribution in [2.75, 3.05) is 19.7 Å². The fraction of sp³-hybridized carbons (Fsp3) is 0.568. The van der Waals surface area contributed by atoms with Gasteiger partial charge in [0.25, 0.3) is 5.91 Å². The van der Waals surface area contributed by atoms with Gasteiger partial charge in [0.2, 0.25) is 11.8 Å². The Kier molecular flexibility index (Phi) is 17.2. The molecule has 2 saturated heterocycles. The van der Waals surface area contributed by atoms with Crippen molar-refractivity contribution in [3.8, 4) is 5.75 Å². The second-order valence-corrected chi connectivity index (χ2v) is 16.4. The maximum atomic E-state index is 14.5. The number of hydrogen-bond acceptors (Lipinski definition) is 13. The van der Waals surface area contributed by atoms with Crippen molar-refractivity contribution in [3.05, 3.63) is 77.9 Å². The molecule has 2 fully saturated rings. The van der Waals surface area contributed by atoms with Crippen LogP contribution in [-0.4, -0.2) is 117 Å². The zero-order chi connectivity index (χ0) is 44.2. The average Bonchev–Trinajstić information content (AvgIpc) is 3.23. The van der Waals surface area contributed by atoms with Crippen molar-refractivity contribution in [2.45, 2.75) is 122 Å². The number of esters is 1. The largest absolute Gasteiger partial charge is 0.508 e. The molecule has 9 atom stereocenters. The number of nitrogens with zero attached hydrogens (tertiary/aromatic N) is 2. The molecule has 2 bridgehead atoms. The molecule has 0 radical (unpaired) electrons. The van der Waals surface area contributed by atoms with Gasteiger partial charge >= 0.3 is 5.97 Å². The topological polar surface area (TPSA) is 216 Å². The Balaban J connectivity index is 1.49. The zero-order valence-electron chi connectivity index (χ0n) is 35.2. The first-order chi connectivity index (χ1) is 29.1. The minimum absolute atomic E-state index is 0.0521. The van der Waals surface area contributed by atoms with Gasteiger partial charge in [-0.2, -0.15) is 0 Å². The minimum atomic E-state index is -1.45. The highest BCUT2D eigenvalue weighted by molar-refractivity contribution is 5.93. The number of carbonyl (C=O) groups excluding carboxylic acids is 5. The monoisotopic (exact) mass is 853 g/mol. The minimum Gasteiger partial charge on any atom is -0.508 e. The third-order valence-electron chi connectivity index (χ3n) is 11.2. The maximum absolute atomic E-state index is 14.5. The number of phenols is 1. The van der Waals surface area contributed by atoms with E-state index in [-0.39, 0.29) is 43.6 Å². The predicted molar refractivity (Wildman–Crippen MR) is 220 cm³/mol. The van der Waals surface area contributed by atoms with Gasteiger partial charge in [-0.25, -0.2) is 9.82 Å². The van der Waals surface area contributed by atoms with Crippen molar-refractivity contribution in [3.63, 3.8) is 0 Å². The first-order valence-electron chi connectivity index (χ1n) is 21.1. The molecule has 1 aromatic rings. The van der Waals surface area contributed by atoms with Gasteiger partial charge in [-0.05, 0) is 74.8 Å². The van der Waals surface area contributed by atoms with Crippen LogP contribution in [-0.2, 0) is 44.7 Å². The van der Waals surface area contributed by atoms with E-state index < -0.39 is 95.7 Å². The number of benzene rings is 1. The molecule has 4 aliphatic rings. The summed E-state index contributed by atoms with van der Waals surface area (Å²) in [4.78, 5) is 74.2. The number of fused-ring (bicyclic) bond motifs is 2. The Morgan fingerprint density at radius 2 is 1.75 bits per heavy atom. The lowest BCUT2D eigenvalue weighted by atomic mass is 9.84. The number of ether oxygens (including phenoxy) is 2. The summed E-state index contributed by atoms with van der Waals surface area (Å²) in [5, 5.41) is 41.1. The van der Waals surface area contributed by atoms with Crippen LogP contribution in [0.25, 0.3) is 0 Å². The number of allylic oxidation sites excluding steroid dienone is 4. The number of carbonyl (C=O) groups is 5. The molecule has 0 saturated carbocycles. The Hall–Kier alpha value is -4.94. The van der Waals surface area contributed by atoms with E-state index in [0.29, 0.717) is 31.8 Å². The van der Waals surface area contributed by atoms with Crippen molar-refractivity contribution in [2.24, 2.45) is 17.8 Å². The van der Waals surface area contributed by atoms with Crippen molar-refractivity contribution in [1.82, 2.24) is 26.1 Å². The van der Waals surface area contributed by atoms with Crippen LogP contribution < -0.4 is 16.1 Å². The Morgan fingerprint density at radius 3 is 2.46 bits per heavy atom. The molecule has 334 valence electrons. The lowest BCUT2D eigenvalue weighted by Crippen LogP contribution is -2.62. The van der Waals surface area contributed by atoms with E-state index in [1.165, 1.54) is 24.1 Å². The lowest BCUT2D eigenvalue weighted by Gasteiger charge is -2.37. The van der Waals surface area contributed by atoms with E-state index in [2.05, 4.69) is 16.1 Å². The van der Waals surface area contributed by atoms with Crippen LogP contribution in [0.2, 0.25) is 0 Å². The molecule has 17 heteroatoms. The van der Waals surface area contributed by atoms with E-state index in [0.717, 1.165) is 25.0 Å². The molecule has 4 aliphatic heterocycles. The lowest BCUT2D eigenvalue weighted by molar-refractivity contribution is -0.247. The first kappa shape index (κ1) is 47.1. The van der Waals surface area contributed by atoms with Crippen LogP contribution in [0.15, 0.2) is 66.5 Å². The number of nitrogens with one attached hydrogen (secondary N) is 3. The molecule has 5 rings (SSSR count). The molecular formula is C44H60FN5O11. The number of aromatic hydroxyl groups is 1. The number of halogens is 1. The number of Topliss-reactive ketones (excluding diaryl/α,β-unsaturated/α-hetero) is 1. The molecule has 0 aromatic heterocycles. The Labute approximate surface area is 355 Å². The fourth-order valence-corrected chi connectivity index (χ4v) is 7.63. The number of ketones is 1. The summed E-state index contributed by atoms with van der Waals surface area (Å²) >= 11 is 0. The zero-order valence-corrected chi connectivity index (χ0v) is 35.2. The van der Waals surface area contributed by atoms with Gasteiger partial charge in [0.15, 0.2) is 12.3 Å². The van der Waals surface area contributed by atoms with Crippen molar-refractivity contribution < 1.29 is 58.0 Å². The number of aliphatic hydroxyl groups is 2. The number of phenolic OH excluding ortho intramolecular Hbond substituents is 1. The summed E-state index contributed by atoms with van der Waals surface area (Å²) in [6.45, 7) is 7.58. The molecular weight excluding hydrogens is 794 g/mol. The molecule has 4 heterocycles. The van der Waals surface area contributed by atoms with E-state index >= 15 is 0 Å². The van der Waals surface area contributed by atoms with Gasteiger partial charge in [0.05, 0.1) is 24.7 Å². The van der Waals surface area contributed by atoms with E-state index in [4.69, 9.17) is 14.3 Å². The second-order valence-electron chi connectivity index (χ2n) is 16.4. The van der Waals surface area contributed by atoms with Crippen LogP contribution in [0.4, 0.5) is 4.39 Å². The highest BCUT2D eigenvalue weighted by Gasteiger charge is 2.39. The number of hydrazine groups is 1. The molecule has 3 amide bonds. The average molecular weight is 854 g/mol. The van der Waals surface area contributed by atoms with Crippen LogP contribution in [0.3, 0.4) is 0 Å². The fourth-order valence-electron chi connectivity index (χ4n) is 7.63. The molecule has 16 nitrogen and oxygen atoms in total. The van der Waals surface area contributed by atoms with Gasteiger partial charge in [-0.3, -0.25) is 29.0 Å². The van der Waals surface area contributed by atoms with E-state index in [1.807, 2.05) is 6.08 Å². The molecule has 0 aliphatic carbocycles. The summed E-state index contributed by atoms with van der Waals surface area (Å²) in [6, 6.07) is -0.346. The number of aliphatic hydroxyl groups excluding tert-OH is 2. The summed E-state index contributed by atoms with van der Waals surface area (Å²) in [7, 11) is 0. The number of hydroxylamine groups is 2. The number of cyclic esters (lactones) is 1. The molecule has 6 N–H and O–H groups in total. The van der Waals surface area contributed by atoms with Gasteiger partial charge in [-0.1, -0.05) is 51.2 Å². The summed E-state index contributed by atoms with van der Waals surface area (Å²) < 4.78 is 26.9. The van der Waals surface area contributed by atoms with Gasteiger partial charge in [0, 0.05) is 44.3 Å². The summed E-state index contributed by atoms with van der Waals surface area (Å²) in [6.07, 6.45) is 9.79. The van der Waals surface area contributed by atoms with Crippen molar-refractivity contribution >= 4 is 29.5 Å². The third kappa shape index (κ3) is 13.3. The maximum Gasteiger partial charge on any atom is 0.325 e. The number of hydrogen-bond donors (Lipinski definition) is 6. The van der Waals surface area contributed by atoms with E-state index in [9.17, 15) is 43.7 Å². The molecule has 0 spiro atoms. The third-order valence-corrected chi connectivity index (χ3v) is 11.2. The van der Waals surface area contributed by atoms with Crippen LogP contribution >= 0.6 is 0 Å². The van der Waals surface area contributed by atoms with Gasteiger partial charge < -0.3 is 40.2 Å². The Bertz CT molecular complexity index is 1830. The van der Waals surface area contributed by atoms with Gasteiger partial charge in [-0.15, -0.1) is 5.06 Å². The normalized spacial score (nSPS) is 31.4. The summed E-state index contributed by atoms with van der Waals surface area (Å²) in [5.74, 6) is -6.55. The standard InChI is InChI=1S/C44H60FN5O11/c1-26(2)39-42(56)46-34(24-29-22-30(45)25-31(52)23-29)43(57)49-19-11-12-33(48-49)44(58)61-37(36-15-10-16-38(60-36)50-20-8-9-21-59-50)14-7-5-6-13-35(53)28(4)40(54)32(41(55)47-39)18-17-27(3)51/h5-7,10,13,15-16,22-23,25-26,28,32-35,37-40,48,52-54H,8-9,11-12,14,17-21,24H2,1-4H3,(H,46,56)(H,47,55)/b7-5+,13-6+/t28-,32+,33?,34-,35-,37-,38?,39-,40+/m0/s1. The van der Waals surface area contributed by atoms with Crippen LogP contribution in [0, 0.1) is 23.6 Å². The molecule has 61 heavy (non-hydrogen) atoms. The summed E-state index contributed by atoms with van der Waals surface area (Å²) in [5.41, 5.74) is 3.15. The smallest absolute Gasteiger partial charge is 0.325 e. The molecule has 2 unspecified atom stereocenters. The quantitative estimate of drug-likeness (QED) is 0.208. The predicted octanol–water partition coefficient (Wildman–Crippen LogP) is 2.79. The van der Waals surface area contributed by atoms with Crippen LogP contribution in [0.1, 0.15) is 78.2 Å². The second kappa shape index (κ2) is 22.2.